The summed E-state index contributed by atoms with van der Waals surface area (Å²) in [5.41, 5.74) is 2.07. The van der Waals surface area contributed by atoms with Crippen molar-refractivity contribution in [3.63, 3.8) is 0 Å². The number of hydrogen-bond donors (Lipinski definition) is 1. The van der Waals surface area contributed by atoms with Crippen LogP contribution in [0.4, 0.5) is 15.8 Å². The zero-order valence-electron chi connectivity index (χ0n) is 17.0. The van der Waals surface area contributed by atoms with E-state index < -0.39 is 5.82 Å². The van der Waals surface area contributed by atoms with Gasteiger partial charge in [-0.1, -0.05) is 23.7 Å². The summed E-state index contributed by atoms with van der Waals surface area (Å²) in [6, 6.07) is 18.7. The Morgan fingerprint density at radius 2 is 1.62 bits per heavy atom. The van der Waals surface area contributed by atoms with Gasteiger partial charge in [-0.15, -0.1) is 0 Å². The highest BCUT2D eigenvalue weighted by Gasteiger charge is 2.25. The van der Waals surface area contributed by atoms with E-state index in [4.69, 9.17) is 11.6 Å². The van der Waals surface area contributed by atoms with Crippen molar-refractivity contribution in [3.05, 3.63) is 92.3 Å². The fourth-order valence-corrected chi connectivity index (χ4v) is 4.17. The number of halogens is 3. The van der Waals surface area contributed by atoms with E-state index in [-0.39, 0.29) is 17.4 Å². The Balaban J connectivity index is 1.48. The van der Waals surface area contributed by atoms with Crippen molar-refractivity contribution < 1.29 is 14.0 Å². The average molecular weight is 564 g/mol. The topological polar surface area (TPSA) is 52.7 Å². The zero-order valence-corrected chi connectivity index (χ0v) is 19.9. The number of carbonyl (C=O) groups excluding carboxylic acids is 2. The van der Waals surface area contributed by atoms with Crippen LogP contribution in [-0.4, -0.2) is 42.9 Å². The standard InChI is InChI=1S/C24H20ClFIN3O2/c25-17-7-10-22(21(15-17)28-23(31)16-5-8-18(27)9-6-16)29-11-13-30(14-12-29)24(32)19-3-1-2-4-20(19)26/h1-10,15H,11-14H2,(H,28,31). The van der Waals surface area contributed by atoms with E-state index in [0.717, 1.165) is 9.26 Å². The first-order valence-corrected chi connectivity index (χ1v) is 11.5. The molecule has 3 aromatic carbocycles. The number of hydrogen-bond acceptors (Lipinski definition) is 3. The minimum absolute atomic E-state index is 0.0814. The summed E-state index contributed by atoms with van der Waals surface area (Å²) in [5, 5.41) is 3.47. The van der Waals surface area contributed by atoms with Crippen LogP contribution in [0.25, 0.3) is 0 Å². The molecule has 1 aliphatic heterocycles. The summed E-state index contributed by atoms with van der Waals surface area (Å²) in [4.78, 5) is 29.2. The molecule has 1 N–H and O–H groups in total. The first kappa shape index (κ1) is 22.5. The van der Waals surface area contributed by atoms with Crippen LogP contribution in [0.3, 0.4) is 0 Å². The maximum Gasteiger partial charge on any atom is 0.256 e. The van der Waals surface area contributed by atoms with Crippen LogP contribution in [-0.2, 0) is 0 Å². The summed E-state index contributed by atoms with van der Waals surface area (Å²) in [6.07, 6.45) is 0. The molecule has 164 valence electrons. The predicted molar refractivity (Wildman–Crippen MR) is 133 cm³/mol. The van der Waals surface area contributed by atoms with Crippen LogP contribution in [0.5, 0.6) is 0 Å². The van der Waals surface area contributed by atoms with E-state index in [2.05, 4.69) is 32.8 Å². The smallest absolute Gasteiger partial charge is 0.256 e. The lowest BCUT2D eigenvalue weighted by Gasteiger charge is -2.37. The highest BCUT2D eigenvalue weighted by atomic mass is 127. The molecule has 0 aliphatic carbocycles. The molecule has 0 saturated carbocycles. The first-order chi connectivity index (χ1) is 15.4. The van der Waals surface area contributed by atoms with E-state index in [1.165, 1.54) is 12.1 Å². The maximum absolute atomic E-state index is 14.0. The molecule has 2 amide bonds. The molecule has 1 aliphatic rings. The zero-order chi connectivity index (χ0) is 22.7. The van der Waals surface area contributed by atoms with Crippen LogP contribution >= 0.6 is 34.2 Å². The number of benzene rings is 3. The van der Waals surface area contributed by atoms with Crippen molar-refractivity contribution >= 4 is 57.4 Å². The summed E-state index contributed by atoms with van der Waals surface area (Å²) in [6.45, 7) is 1.99. The quantitative estimate of drug-likeness (QED) is 0.439. The second kappa shape index (κ2) is 9.87. The van der Waals surface area contributed by atoms with Gasteiger partial charge in [0.15, 0.2) is 0 Å². The van der Waals surface area contributed by atoms with Crippen LogP contribution < -0.4 is 10.2 Å². The third kappa shape index (κ3) is 5.05. The van der Waals surface area contributed by atoms with E-state index in [1.807, 2.05) is 18.2 Å². The summed E-state index contributed by atoms with van der Waals surface area (Å²) >= 11 is 8.38. The highest BCUT2D eigenvalue weighted by Crippen LogP contribution is 2.31. The van der Waals surface area contributed by atoms with Gasteiger partial charge in [-0.25, -0.2) is 4.39 Å². The largest absolute Gasteiger partial charge is 0.366 e. The molecular weight excluding hydrogens is 544 g/mol. The van der Waals surface area contributed by atoms with Gasteiger partial charge in [0.2, 0.25) is 0 Å². The Kier molecular flexibility index (Phi) is 6.95. The molecular formula is C24H20ClFIN3O2. The van der Waals surface area contributed by atoms with Gasteiger partial charge in [0.05, 0.1) is 16.9 Å². The number of carbonyl (C=O) groups is 2. The monoisotopic (exact) mass is 563 g/mol. The molecule has 0 atom stereocenters. The molecule has 8 heteroatoms. The molecule has 32 heavy (non-hydrogen) atoms. The van der Waals surface area contributed by atoms with E-state index in [0.29, 0.717) is 42.5 Å². The normalized spacial score (nSPS) is 13.7. The molecule has 0 aromatic heterocycles. The molecule has 4 rings (SSSR count). The Labute approximate surface area is 204 Å². The molecule has 1 fully saturated rings. The van der Waals surface area contributed by atoms with Gasteiger partial charge in [-0.05, 0) is 77.2 Å². The highest BCUT2D eigenvalue weighted by molar-refractivity contribution is 14.1. The second-order valence-corrected chi connectivity index (χ2v) is 9.06. The average Bonchev–Trinajstić information content (AvgIpc) is 2.80. The molecule has 3 aromatic rings. The van der Waals surface area contributed by atoms with E-state index in [9.17, 15) is 14.0 Å². The third-order valence-electron chi connectivity index (χ3n) is 5.33. The van der Waals surface area contributed by atoms with Gasteiger partial charge in [0.25, 0.3) is 11.8 Å². The van der Waals surface area contributed by atoms with Gasteiger partial charge in [0.1, 0.15) is 5.82 Å². The van der Waals surface area contributed by atoms with Crippen LogP contribution in [0, 0.1) is 9.39 Å². The van der Waals surface area contributed by atoms with Gasteiger partial charge in [-0.3, -0.25) is 9.59 Å². The predicted octanol–water partition coefficient (Wildman–Crippen LogP) is 5.30. The van der Waals surface area contributed by atoms with Crippen LogP contribution in [0.1, 0.15) is 20.7 Å². The molecule has 0 spiro atoms. The van der Waals surface area contributed by atoms with Crippen LogP contribution in [0.2, 0.25) is 5.02 Å². The summed E-state index contributed by atoms with van der Waals surface area (Å²) in [5.74, 6) is -1.05. The summed E-state index contributed by atoms with van der Waals surface area (Å²) in [7, 11) is 0. The lowest BCUT2D eigenvalue weighted by atomic mass is 10.1. The lowest BCUT2D eigenvalue weighted by Crippen LogP contribution is -2.49. The fourth-order valence-electron chi connectivity index (χ4n) is 3.64. The van der Waals surface area contributed by atoms with E-state index in [1.54, 1.807) is 41.3 Å². The van der Waals surface area contributed by atoms with Crippen molar-refractivity contribution in [1.82, 2.24) is 4.90 Å². The molecule has 5 nitrogen and oxygen atoms in total. The summed E-state index contributed by atoms with van der Waals surface area (Å²) < 4.78 is 15.0. The number of nitrogens with one attached hydrogen (secondary N) is 1. The van der Waals surface area contributed by atoms with E-state index >= 15 is 0 Å². The minimum Gasteiger partial charge on any atom is -0.366 e. The Morgan fingerprint density at radius 1 is 0.938 bits per heavy atom. The second-order valence-electron chi connectivity index (χ2n) is 7.38. The Morgan fingerprint density at radius 3 is 2.31 bits per heavy atom. The number of nitrogens with zero attached hydrogens (tertiary/aromatic N) is 2. The molecule has 1 saturated heterocycles. The van der Waals surface area contributed by atoms with Gasteiger partial charge in [-0.2, -0.15) is 0 Å². The maximum atomic E-state index is 14.0. The molecule has 0 radical (unpaired) electrons. The molecule has 1 heterocycles. The number of amides is 2. The van der Waals surface area contributed by atoms with Crippen molar-refractivity contribution in [3.8, 4) is 0 Å². The van der Waals surface area contributed by atoms with Crippen molar-refractivity contribution in [2.45, 2.75) is 0 Å². The van der Waals surface area contributed by atoms with Crippen molar-refractivity contribution in [2.24, 2.45) is 0 Å². The Hall–Kier alpha value is -2.65. The van der Waals surface area contributed by atoms with Gasteiger partial charge >= 0.3 is 0 Å². The fraction of sp³-hybridized carbons (Fsp3) is 0.167. The van der Waals surface area contributed by atoms with Crippen molar-refractivity contribution in [2.75, 3.05) is 36.4 Å². The minimum atomic E-state index is -0.516. The van der Waals surface area contributed by atoms with Gasteiger partial charge < -0.3 is 15.1 Å². The van der Waals surface area contributed by atoms with Gasteiger partial charge in [0, 0.05) is 40.3 Å². The Bertz CT molecular complexity index is 1150. The third-order valence-corrected chi connectivity index (χ3v) is 6.28. The lowest BCUT2D eigenvalue weighted by molar-refractivity contribution is 0.0742. The molecule has 0 unspecified atom stereocenters. The van der Waals surface area contributed by atoms with Crippen molar-refractivity contribution in [1.29, 1.82) is 0 Å². The van der Waals surface area contributed by atoms with Crippen LogP contribution in [0.15, 0.2) is 66.7 Å². The number of anilines is 2. The number of rotatable bonds is 4. The molecule has 0 bridgehead atoms. The first-order valence-electron chi connectivity index (χ1n) is 10.1. The SMILES string of the molecule is O=C(Nc1cc(Cl)ccc1N1CCN(C(=O)c2ccccc2F)CC1)c1ccc(I)cc1. The number of piperazine rings is 1.